The van der Waals surface area contributed by atoms with Gasteiger partial charge in [-0.3, -0.25) is 0 Å². The minimum absolute atomic E-state index is 0.415. The maximum atomic E-state index is 6.05. The third-order valence-corrected chi connectivity index (χ3v) is 3.84. The summed E-state index contributed by atoms with van der Waals surface area (Å²) < 4.78 is 5.21. The molecule has 84 valence electrons. The molecule has 0 aromatic carbocycles. The van der Waals surface area contributed by atoms with Gasteiger partial charge in [0, 0.05) is 21.9 Å². The first-order valence-corrected chi connectivity index (χ1v) is 6.38. The lowest BCUT2D eigenvalue weighted by Crippen LogP contribution is -1.85. The minimum atomic E-state index is 0.415. The standard InChI is InChI=1S/C11H9Cl2NOS/c1-7-10(2-3-15-7)16-6-8-5-14-11(13)4-9(8)12/h2-5H,6H2,1H3. The molecule has 0 saturated heterocycles. The van der Waals surface area contributed by atoms with Crippen LogP contribution in [-0.4, -0.2) is 4.98 Å². The molecule has 16 heavy (non-hydrogen) atoms. The van der Waals surface area contributed by atoms with Crippen molar-refractivity contribution < 1.29 is 4.42 Å². The number of nitrogens with zero attached hydrogens (tertiary/aromatic N) is 1. The van der Waals surface area contributed by atoms with Crippen molar-refractivity contribution in [3.8, 4) is 0 Å². The van der Waals surface area contributed by atoms with Crippen LogP contribution >= 0.6 is 35.0 Å². The number of aryl methyl sites for hydroxylation is 1. The molecule has 0 unspecified atom stereocenters. The molecule has 2 rings (SSSR count). The Morgan fingerprint density at radius 3 is 2.88 bits per heavy atom. The Kier molecular flexibility index (Phi) is 3.79. The van der Waals surface area contributed by atoms with Crippen LogP contribution in [0.4, 0.5) is 0 Å². The van der Waals surface area contributed by atoms with Crippen molar-refractivity contribution in [3.63, 3.8) is 0 Å². The van der Waals surface area contributed by atoms with Crippen molar-refractivity contribution in [3.05, 3.63) is 46.1 Å². The summed E-state index contributed by atoms with van der Waals surface area (Å²) in [6.45, 7) is 1.93. The van der Waals surface area contributed by atoms with Crippen molar-refractivity contribution in [1.29, 1.82) is 0 Å². The zero-order valence-electron chi connectivity index (χ0n) is 8.54. The van der Waals surface area contributed by atoms with Crippen LogP contribution in [0.5, 0.6) is 0 Å². The normalized spacial score (nSPS) is 10.7. The van der Waals surface area contributed by atoms with E-state index in [2.05, 4.69) is 4.98 Å². The van der Waals surface area contributed by atoms with Crippen molar-refractivity contribution in [1.82, 2.24) is 4.98 Å². The summed E-state index contributed by atoms with van der Waals surface area (Å²) in [6.07, 6.45) is 3.38. The molecule has 0 N–H and O–H groups in total. The fraction of sp³-hybridized carbons (Fsp3) is 0.182. The number of hydrogen-bond acceptors (Lipinski definition) is 3. The number of aromatic nitrogens is 1. The summed E-state index contributed by atoms with van der Waals surface area (Å²) in [7, 11) is 0. The summed E-state index contributed by atoms with van der Waals surface area (Å²) >= 11 is 13.4. The average Bonchev–Trinajstić information content (AvgIpc) is 2.63. The van der Waals surface area contributed by atoms with Crippen LogP contribution in [0.1, 0.15) is 11.3 Å². The Hall–Kier alpha value is -0.640. The quantitative estimate of drug-likeness (QED) is 0.605. The van der Waals surface area contributed by atoms with E-state index < -0.39 is 0 Å². The maximum absolute atomic E-state index is 6.05. The van der Waals surface area contributed by atoms with E-state index in [9.17, 15) is 0 Å². The third-order valence-electron chi connectivity index (χ3n) is 2.09. The fourth-order valence-corrected chi connectivity index (χ4v) is 2.68. The molecule has 0 atom stereocenters. The molecule has 0 bridgehead atoms. The highest BCUT2D eigenvalue weighted by atomic mass is 35.5. The molecular weight excluding hydrogens is 265 g/mol. The molecule has 2 aromatic heterocycles. The molecular formula is C11H9Cl2NOS. The second kappa shape index (κ2) is 5.13. The average molecular weight is 274 g/mol. The molecule has 2 nitrogen and oxygen atoms in total. The first-order valence-electron chi connectivity index (χ1n) is 4.63. The van der Waals surface area contributed by atoms with Gasteiger partial charge < -0.3 is 4.42 Å². The first-order chi connectivity index (χ1) is 7.66. The summed E-state index contributed by atoms with van der Waals surface area (Å²) in [5.74, 6) is 1.67. The van der Waals surface area contributed by atoms with E-state index in [0.717, 1.165) is 22.0 Å². The lowest BCUT2D eigenvalue weighted by Gasteiger charge is -2.03. The molecule has 0 amide bonds. The second-order valence-corrected chi connectivity index (χ2v) is 5.04. The largest absolute Gasteiger partial charge is 0.468 e. The highest BCUT2D eigenvalue weighted by Gasteiger charge is 2.06. The first kappa shape index (κ1) is 11.8. The van der Waals surface area contributed by atoms with Crippen LogP contribution in [0.2, 0.25) is 10.2 Å². The lowest BCUT2D eigenvalue weighted by molar-refractivity contribution is 0.527. The predicted octanol–water partition coefficient (Wildman–Crippen LogP) is 4.58. The number of furan rings is 1. The van der Waals surface area contributed by atoms with Crippen molar-refractivity contribution in [2.24, 2.45) is 0 Å². The second-order valence-electron chi connectivity index (χ2n) is 3.23. The van der Waals surface area contributed by atoms with E-state index in [1.54, 1.807) is 30.3 Å². The molecule has 0 aliphatic rings. The number of rotatable bonds is 3. The van der Waals surface area contributed by atoms with Crippen molar-refractivity contribution >= 4 is 35.0 Å². The zero-order valence-corrected chi connectivity index (χ0v) is 10.9. The van der Waals surface area contributed by atoms with E-state index >= 15 is 0 Å². The summed E-state index contributed by atoms with van der Waals surface area (Å²) in [4.78, 5) is 5.12. The van der Waals surface area contributed by atoms with Gasteiger partial charge in [-0.25, -0.2) is 4.98 Å². The topological polar surface area (TPSA) is 26.0 Å². The SMILES string of the molecule is Cc1occc1SCc1cnc(Cl)cc1Cl. The minimum Gasteiger partial charge on any atom is -0.468 e. The lowest BCUT2D eigenvalue weighted by atomic mass is 10.3. The summed E-state index contributed by atoms with van der Waals surface area (Å²) in [5.41, 5.74) is 0.969. The molecule has 2 heterocycles. The number of hydrogen-bond donors (Lipinski definition) is 0. The molecule has 0 aliphatic carbocycles. The highest BCUT2D eigenvalue weighted by molar-refractivity contribution is 7.98. The third kappa shape index (κ3) is 2.73. The Morgan fingerprint density at radius 1 is 1.44 bits per heavy atom. The van der Waals surface area contributed by atoms with Gasteiger partial charge in [-0.15, -0.1) is 11.8 Å². The van der Waals surface area contributed by atoms with Crippen LogP contribution < -0.4 is 0 Å². The highest BCUT2D eigenvalue weighted by Crippen LogP contribution is 2.29. The van der Waals surface area contributed by atoms with Crippen molar-refractivity contribution in [2.75, 3.05) is 0 Å². The Bertz CT molecular complexity index is 498. The van der Waals surface area contributed by atoms with Crippen LogP contribution in [0.25, 0.3) is 0 Å². The van der Waals surface area contributed by atoms with E-state index in [1.807, 2.05) is 13.0 Å². The predicted molar refractivity (Wildman–Crippen MR) is 67.3 cm³/mol. The van der Waals surface area contributed by atoms with Gasteiger partial charge >= 0.3 is 0 Å². The molecule has 0 spiro atoms. The monoisotopic (exact) mass is 273 g/mol. The van der Waals surface area contributed by atoms with E-state index in [0.29, 0.717) is 10.2 Å². The molecule has 0 radical (unpaired) electrons. The van der Waals surface area contributed by atoms with Gasteiger partial charge in [0.15, 0.2) is 0 Å². The number of halogens is 2. The van der Waals surface area contributed by atoms with Gasteiger partial charge in [0.2, 0.25) is 0 Å². The van der Waals surface area contributed by atoms with Gasteiger partial charge in [0.1, 0.15) is 10.9 Å². The zero-order chi connectivity index (χ0) is 11.5. The molecule has 5 heteroatoms. The van der Waals surface area contributed by atoms with Crippen LogP contribution in [0.3, 0.4) is 0 Å². The van der Waals surface area contributed by atoms with E-state index in [4.69, 9.17) is 27.6 Å². The molecule has 0 aliphatic heterocycles. The van der Waals surface area contributed by atoms with E-state index in [-0.39, 0.29) is 0 Å². The number of pyridine rings is 1. The van der Waals surface area contributed by atoms with Crippen LogP contribution in [-0.2, 0) is 5.75 Å². The van der Waals surface area contributed by atoms with Crippen molar-refractivity contribution in [2.45, 2.75) is 17.6 Å². The van der Waals surface area contributed by atoms with E-state index in [1.165, 1.54) is 0 Å². The summed E-state index contributed by atoms with van der Waals surface area (Å²) in [6, 6.07) is 3.60. The van der Waals surface area contributed by atoms with Gasteiger partial charge in [-0.2, -0.15) is 0 Å². The molecule has 0 saturated carbocycles. The smallest absolute Gasteiger partial charge is 0.130 e. The Morgan fingerprint density at radius 2 is 2.25 bits per heavy atom. The van der Waals surface area contributed by atoms with Crippen LogP contribution in [0, 0.1) is 6.92 Å². The van der Waals surface area contributed by atoms with Gasteiger partial charge in [-0.05, 0) is 24.6 Å². The Labute approximate surface area is 108 Å². The molecule has 2 aromatic rings. The molecule has 0 fully saturated rings. The van der Waals surface area contributed by atoms with Gasteiger partial charge in [0.25, 0.3) is 0 Å². The Balaban J connectivity index is 2.08. The van der Waals surface area contributed by atoms with Crippen LogP contribution in [0.15, 0.2) is 33.9 Å². The van der Waals surface area contributed by atoms with Gasteiger partial charge in [0.05, 0.1) is 6.26 Å². The summed E-state index contributed by atoms with van der Waals surface area (Å²) in [5, 5.41) is 1.06. The van der Waals surface area contributed by atoms with Gasteiger partial charge in [-0.1, -0.05) is 23.2 Å². The maximum Gasteiger partial charge on any atom is 0.130 e. The number of thioether (sulfide) groups is 1. The fourth-order valence-electron chi connectivity index (χ4n) is 1.22.